The van der Waals surface area contributed by atoms with Crippen molar-refractivity contribution in [3.05, 3.63) is 65.2 Å². The first-order chi connectivity index (χ1) is 16.0. The van der Waals surface area contributed by atoms with E-state index in [9.17, 15) is 14.4 Å². The van der Waals surface area contributed by atoms with Crippen LogP contribution in [0.15, 0.2) is 48.5 Å². The van der Waals surface area contributed by atoms with Crippen molar-refractivity contribution in [2.45, 2.75) is 52.0 Å². The highest BCUT2D eigenvalue weighted by molar-refractivity contribution is 6.01. The van der Waals surface area contributed by atoms with Crippen LogP contribution in [0, 0.1) is 5.92 Å². The molecule has 33 heavy (non-hydrogen) atoms. The SMILES string of the molecule is CCOc1ccc(CCC2CCN(C(=O)c3ccc(CN4C(=O)CCC4=O)cc3)CC2)cc1. The highest BCUT2D eigenvalue weighted by Gasteiger charge is 2.29. The first kappa shape index (κ1) is 23.0. The second-order valence-electron chi connectivity index (χ2n) is 8.92. The minimum absolute atomic E-state index is 0.0554. The van der Waals surface area contributed by atoms with E-state index in [4.69, 9.17) is 4.74 Å². The Balaban J connectivity index is 1.23. The third-order valence-corrected chi connectivity index (χ3v) is 6.67. The topological polar surface area (TPSA) is 66.9 Å². The zero-order chi connectivity index (χ0) is 23.2. The van der Waals surface area contributed by atoms with Crippen molar-refractivity contribution in [2.24, 2.45) is 5.92 Å². The van der Waals surface area contributed by atoms with Gasteiger partial charge >= 0.3 is 0 Å². The number of ether oxygens (including phenoxy) is 1. The quantitative estimate of drug-likeness (QED) is 0.567. The zero-order valence-corrected chi connectivity index (χ0v) is 19.3. The third-order valence-electron chi connectivity index (χ3n) is 6.67. The molecule has 0 aliphatic carbocycles. The summed E-state index contributed by atoms with van der Waals surface area (Å²) >= 11 is 0. The summed E-state index contributed by atoms with van der Waals surface area (Å²) in [4.78, 5) is 39.8. The molecule has 2 heterocycles. The van der Waals surface area contributed by atoms with Crippen LogP contribution in [0.25, 0.3) is 0 Å². The Bertz CT molecular complexity index is 960. The number of carbonyl (C=O) groups is 3. The van der Waals surface area contributed by atoms with Gasteiger partial charge in [-0.25, -0.2) is 0 Å². The van der Waals surface area contributed by atoms with Gasteiger partial charge in [0.15, 0.2) is 0 Å². The van der Waals surface area contributed by atoms with E-state index in [0.717, 1.165) is 50.1 Å². The normalized spacial score (nSPS) is 17.0. The van der Waals surface area contributed by atoms with Crippen LogP contribution in [-0.4, -0.2) is 47.2 Å². The molecule has 6 nitrogen and oxygen atoms in total. The Morgan fingerprint density at radius 1 is 0.909 bits per heavy atom. The van der Waals surface area contributed by atoms with Crippen LogP contribution in [-0.2, 0) is 22.6 Å². The van der Waals surface area contributed by atoms with Crippen molar-refractivity contribution < 1.29 is 19.1 Å². The molecule has 2 aliphatic rings. The minimum Gasteiger partial charge on any atom is -0.494 e. The average Bonchev–Trinajstić information content (AvgIpc) is 3.16. The fourth-order valence-corrected chi connectivity index (χ4v) is 4.63. The molecule has 0 atom stereocenters. The van der Waals surface area contributed by atoms with E-state index in [-0.39, 0.29) is 24.3 Å². The molecule has 0 N–H and O–H groups in total. The molecule has 0 saturated carbocycles. The Kier molecular flexibility index (Phi) is 7.43. The van der Waals surface area contributed by atoms with E-state index in [1.807, 2.05) is 36.1 Å². The molecule has 0 unspecified atom stereocenters. The molecule has 4 rings (SSSR count). The summed E-state index contributed by atoms with van der Waals surface area (Å²) in [6, 6.07) is 15.6. The van der Waals surface area contributed by atoms with Crippen LogP contribution in [0.1, 0.15) is 60.5 Å². The van der Waals surface area contributed by atoms with E-state index in [1.165, 1.54) is 10.5 Å². The predicted octanol–water partition coefficient (Wildman–Crippen LogP) is 4.22. The maximum Gasteiger partial charge on any atom is 0.253 e. The first-order valence-electron chi connectivity index (χ1n) is 12.0. The summed E-state index contributed by atoms with van der Waals surface area (Å²) < 4.78 is 5.50. The molecule has 0 aromatic heterocycles. The van der Waals surface area contributed by atoms with Gasteiger partial charge in [-0.15, -0.1) is 0 Å². The summed E-state index contributed by atoms with van der Waals surface area (Å²) in [6.07, 6.45) is 4.84. The van der Waals surface area contributed by atoms with Gasteiger partial charge in [0.2, 0.25) is 11.8 Å². The van der Waals surface area contributed by atoms with Gasteiger partial charge in [0, 0.05) is 31.5 Å². The number of piperidine rings is 1. The number of imide groups is 1. The second kappa shape index (κ2) is 10.6. The number of benzene rings is 2. The molecule has 3 amide bonds. The molecule has 0 spiro atoms. The first-order valence-corrected chi connectivity index (χ1v) is 12.0. The van der Waals surface area contributed by atoms with E-state index < -0.39 is 0 Å². The van der Waals surface area contributed by atoms with Gasteiger partial charge in [-0.1, -0.05) is 24.3 Å². The highest BCUT2D eigenvalue weighted by atomic mass is 16.5. The number of rotatable bonds is 8. The molecule has 2 saturated heterocycles. The molecule has 2 aromatic rings. The van der Waals surface area contributed by atoms with Crippen molar-refractivity contribution >= 4 is 17.7 Å². The van der Waals surface area contributed by atoms with Gasteiger partial charge in [-0.2, -0.15) is 0 Å². The summed E-state index contributed by atoms with van der Waals surface area (Å²) in [5.74, 6) is 1.37. The van der Waals surface area contributed by atoms with Crippen molar-refractivity contribution in [1.29, 1.82) is 0 Å². The Hall–Kier alpha value is -3.15. The lowest BCUT2D eigenvalue weighted by atomic mass is 9.90. The lowest BCUT2D eigenvalue weighted by Crippen LogP contribution is -2.38. The van der Waals surface area contributed by atoms with Crippen LogP contribution in [0.2, 0.25) is 0 Å². The minimum atomic E-state index is -0.120. The van der Waals surface area contributed by atoms with Gasteiger partial charge < -0.3 is 9.64 Å². The lowest BCUT2D eigenvalue weighted by molar-refractivity contribution is -0.139. The number of hydrogen-bond donors (Lipinski definition) is 0. The predicted molar refractivity (Wildman–Crippen MR) is 126 cm³/mol. The molecular formula is C27H32N2O4. The fourth-order valence-electron chi connectivity index (χ4n) is 4.63. The van der Waals surface area contributed by atoms with Crippen molar-refractivity contribution in [3.8, 4) is 5.75 Å². The molecule has 2 fully saturated rings. The Morgan fingerprint density at radius 2 is 1.52 bits per heavy atom. The second-order valence-corrected chi connectivity index (χ2v) is 8.92. The number of nitrogens with zero attached hydrogens (tertiary/aromatic N) is 2. The van der Waals surface area contributed by atoms with Crippen LogP contribution in [0.4, 0.5) is 0 Å². The summed E-state index contributed by atoms with van der Waals surface area (Å²) in [5.41, 5.74) is 2.85. The Morgan fingerprint density at radius 3 is 2.12 bits per heavy atom. The molecule has 2 aliphatic heterocycles. The van der Waals surface area contributed by atoms with Gasteiger partial charge in [0.05, 0.1) is 13.2 Å². The Labute approximate surface area is 195 Å². The maximum atomic E-state index is 12.9. The number of amides is 3. The van der Waals surface area contributed by atoms with Crippen molar-refractivity contribution in [1.82, 2.24) is 9.80 Å². The number of carbonyl (C=O) groups excluding carboxylic acids is 3. The maximum absolute atomic E-state index is 12.9. The standard InChI is InChI=1S/C27H32N2O4/c1-2-33-24-11-7-20(8-12-24)3-4-21-15-17-28(18-16-21)27(32)23-9-5-22(6-10-23)19-29-25(30)13-14-26(29)31/h5-12,21H,2-4,13-19H2,1H3. The van der Waals surface area contributed by atoms with Crippen molar-refractivity contribution in [2.75, 3.05) is 19.7 Å². The number of aryl methyl sites for hydroxylation is 1. The van der Waals surface area contributed by atoms with Gasteiger partial charge in [0.25, 0.3) is 5.91 Å². The summed E-state index contributed by atoms with van der Waals surface area (Å²) in [6.45, 7) is 4.52. The molecule has 174 valence electrons. The van der Waals surface area contributed by atoms with Crippen LogP contribution < -0.4 is 4.74 Å². The molecule has 0 radical (unpaired) electrons. The van der Waals surface area contributed by atoms with Gasteiger partial charge in [-0.05, 0) is 73.9 Å². The highest BCUT2D eigenvalue weighted by Crippen LogP contribution is 2.25. The van der Waals surface area contributed by atoms with E-state index in [0.29, 0.717) is 30.9 Å². The fraction of sp³-hybridized carbons (Fsp3) is 0.444. The van der Waals surface area contributed by atoms with Crippen LogP contribution in [0.5, 0.6) is 5.75 Å². The number of likely N-dealkylation sites (tertiary alicyclic amines) is 2. The monoisotopic (exact) mass is 448 g/mol. The summed E-state index contributed by atoms with van der Waals surface area (Å²) in [5, 5.41) is 0. The van der Waals surface area contributed by atoms with E-state index >= 15 is 0 Å². The molecule has 0 bridgehead atoms. The molecule has 2 aromatic carbocycles. The van der Waals surface area contributed by atoms with Gasteiger partial charge in [-0.3, -0.25) is 19.3 Å². The zero-order valence-electron chi connectivity index (χ0n) is 19.3. The van der Waals surface area contributed by atoms with E-state index in [1.54, 1.807) is 12.1 Å². The van der Waals surface area contributed by atoms with Gasteiger partial charge in [0.1, 0.15) is 5.75 Å². The number of hydrogen-bond acceptors (Lipinski definition) is 4. The largest absolute Gasteiger partial charge is 0.494 e. The average molecular weight is 449 g/mol. The van der Waals surface area contributed by atoms with E-state index in [2.05, 4.69) is 12.1 Å². The van der Waals surface area contributed by atoms with Crippen LogP contribution in [0.3, 0.4) is 0 Å². The molecule has 6 heteroatoms. The van der Waals surface area contributed by atoms with Crippen molar-refractivity contribution in [3.63, 3.8) is 0 Å². The lowest BCUT2D eigenvalue weighted by Gasteiger charge is -2.32. The molecular weight excluding hydrogens is 416 g/mol. The van der Waals surface area contributed by atoms with Crippen LogP contribution >= 0.6 is 0 Å². The smallest absolute Gasteiger partial charge is 0.253 e. The summed E-state index contributed by atoms with van der Waals surface area (Å²) in [7, 11) is 0. The third kappa shape index (κ3) is 5.81.